The van der Waals surface area contributed by atoms with E-state index in [-0.39, 0.29) is 12.5 Å². The van der Waals surface area contributed by atoms with Gasteiger partial charge in [0.1, 0.15) is 0 Å². The Hall–Kier alpha value is -1.08. The van der Waals surface area contributed by atoms with Gasteiger partial charge in [-0.25, -0.2) is 0 Å². The van der Waals surface area contributed by atoms with Crippen molar-refractivity contribution in [2.75, 3.05) is 18.8 Å². The Kier molecular flexibility index (Phi) is 5.27. The number of rotatable bonds is 6. The van der Waals surface area contributed by atoms with E-state index in [9.17, 15) is 4.79 Å². The Bertz CT molecular complexity index is 338. The fourth-order valence-electron chi connectivity index (χ4n) is 1.17. The van der Waals surface area contributed by atoms with Crippen LogP contribution in [0, 0.1) is 0 Å². The number of thioether (sulfide) groups is 1. The molecule has 7 heteroatoms. The van der Waals surface area contributed by atoms with E-state index in [1.807, 2.05) is 13.8 Å². The molecular weight excluding hydrogens is 228 g/mol. The molecule has 1 rings (SSSR count). The number of aromatic nitrogens is 2. The van der Waals surface area contributed by atoms with Gasteiger partial charge in [-0.05, 0) is 13.8 Å². The van der Waals surface area contributed by atoms with Crippen LogP contribution in [-0.4, -0.2) is 39.8 Å². The maximum atomic E-state index is 11.6. The van der Waals surface area contributed by atoms with Crippen LogP contribution >= 0.6 is 11.8 Å². The Labute approximate surface area is 98.6 Å². The molecule has 6 nitrogen and oxygen atoms in total. The van der Waals surface area contributed by atoms with Crippen molar-refractivity contribution in [1.29, 1.82) is 0 Å². The van der Waals surface area contributed by atoms with E-state index in [1.165, 1.54) is 11.8 Å². The second-order valence-corrected chi connectivity index (χ2v) is 3.95. The highest BCUT2D eigenvalue weighted by Crippen LogP contribution is 2.16. The maximum Gasteiger partial charge on any atom is 0.277 e. The molecule has 0 aliphatic rings. The molecule has 0 atom stereocenters. The van der Waals surface area contributed by atoms with Crippen LogP contribution in [0.15, 0.2) is 9.64 Å². The van der Waals surface area contributed by atoms with Crippen molar-refractivity contribution in [3.63, 3.8) is 0 Å². The molecule has 0 fully saturated rings. The standard InChI is InChI=1S/C9H16N4O2S/c1-3-13(4-2)8(14)6-16-9-12-11-7(5-10)15-9/h3-6,10H2,1-2H3. The Morgan fingerprint density at radius 3 is 2.62 bits per heavy atom. The van der Waals surface area contributed by atoms with Crippen molar-refractivity contribution in [1.82, 2.24) is 15.1 Å². The van der Waals surface area contributed by atoms with Crippen molar-refractivity contribution in [2.45, 2.75) is 25.6 Å². The number of nitrogens with zero attached hydrogens (tertiary/aromatic N) is 3. The van der Waals surface area contributed by atoms with Gasteiger partial charge in [-0.3, -0.25) is 4.79 Å². The lowest BCUT2D eigenvalue weighted by Crippen LogP contribution is -2.31. The van der Waals surface area contributed by atoms with Crippen LogP contribution < -0.4 is 5.73 Å². The third-order valence-electron chi connectivity index (χ3n) is 2.06. The number of amides is 1. The molecule has 0 aliphatic heterocycles. The number of hydrogen-bond acceptors (Lipinski definition) is 6. The Morgan fingerprint density at radius 1 is 1.44 bits per heavy atom. The lowest BCUT2D eigenvalue weighted by atomic mass is 10.5. The SMILES string of the molecule is CCN(CC)C(=O)CSc1nnc(CN)o1. The summed E-state index contributed by atoms with van der Waals surface area (Å²) in [6, 6.07) is 0. The van der Waals surface area contributed by atoms with Crippen LogP contribution in [-0.2, 0) is 11.3 Å². The molecule has 16 heavy (non-hydrogen) atoms. The zero-order valence-corrected chi connectivity index (χ0v) is 10.3. The van der Waals surface area contributed by atoms with Crippen molar-refractivity contribution < 1.29 is 9.21 Å². The lowest BCUT2D eigenvalue weighted by molar-refractivity contribution is -0.127. The highest BCUT2D eigenvalue weighted by atomic mass is 32.2. The molecule has 0 aromatic carbocycles. The monoisotopic (exact) mass is 244 g/mol. The quantitative estimate of drug-likeness (QED) is 0.733. The summed E-state index contributed by atoms with van der Waals surface area (Å²) in [5.41, 5.74) is 5.33. The predicted octanol–water partition coefficient (Wildman–Crippen LogP) is 0.489. The summed E-state index contributed by atoms with van der Waals surface area (Å²) in [5, 5.41) is 7.87. The van der Waals surface area contributed by atoms with Gasteiger partial charge in [0.25, 0.3) is 5.22 Å². The van der Waals surface area contributed by atoms with Gasteiger partial charge in [-0.1, -0.05) is 11.8 Å². The summed E-state index contributed by atoms with van der Waals surface area (Å²) in [4.78, 5) is 13.4. The minimum atomic E-state index is 0.0718. The zero-order chi connectivity index (χ0) is 12.0. The molecule has 0 spiro atoms. The summed E-state index contributed by atoms with van der Waals surface area (Å²) in [6.45, 7) is 5.55. The fraction of sp³-hybridized carbons (Fsp3) is 0.667. The number of carbonyl (C=O) groups excluding carboxylic acids is 1. The molecule has 0 bridgehead atoms. The fourth-order valence-corrected chi connectivity index (χ4v) is 1.85. The smallest absolute Gasteiger partial charge is 0.277 e. The first-order valence-electron chi connectivity index (χ1n) is 5.14. The lowest BCUT2D eigenvalue weighted by Gasteiger charge is -2.17. The molecule has 90 valence electrons. The molecule has 0 radical (unpaired) electrons. The van der Waals surface area contributed by atoms with Gasteiger partial charge in [-0.15, -0.1) is 10.2 Å². The van der Waals surface area contributed by atoms with E-state index in [0.717, 1.165) is 0 Å². The van der Waals surface area contributed by atoms with Gasteiger partial charge in [0.05, 0.1) is 12.3 Å². The minimum Gasteiger partial charge on any atom is -0.415 e. The number of nitrogens with two attached hydrogens (primary N) is 1. The van der Waals surface area contributed by atoms with Crippen molar-refractivity contribution in [3.8, 4) is 0 Å². The molecular formula is C9H16N4O2S. The molecule has 0 unspecified atom stereocenters. The van der Waals surface area contributed by atoms with Gasteiger partial charge in [0.2, 0.25) is 11.8 Å². The van der Waals surface area contributed by atoms with Crippen LogP contribution in [0.5, 0.6) is 0 Å². The summed E-state index contributed by atoms with van der Waals surface area (Å²) >= 11 is 1.24. The Balaban J connectivity index is 2.41. The van der Waals surface area contributed by atoms with Gasteiger partial charge >= 0.3 is 0 Å². The van der Waals surface area contributed by atoms with Crippen molar-refractivity contribution in [2.24, 2.45) is 5.73 Å². The average molecular weight is 244 g/mol. The average Bonchev–Trinajstić information content (AvgIpc) is 2.76. The van der Waals surface area contributed by atoms with Gasteiger partial charge in [0, 0.05) is 13.1 Å². The minimum absolute atomic E-state index is 0.0718. The summed E-state index contributed by atoms with van der Waals surface area (Å²) in [5.74, 6) is 0.772. The molecule has 2 N–H and O–H groups in total. The normalized spacial score (nSPS) is 10.4. The Morgan fingerprint density at radius 2 is 2.12 bits per heavy atom. The van der Waals surface area contributed by atoms with Crippen LogP contribution in [0.1, 0.15) is 19.7 Å². The van der Waals surface area contributed by atoms with Crippen molar-refractivity contribution in [3.05, 3.63) is 5.89 Å². The predicted molar refractivity (Wildman–Crippen MR) is 60.8 cm³/mol. The van der Waals surface area contributed by atoms with E-state index in [0.29, 0.717) is 30.0 Å². The zero-order valence-electron chi connectivity index (χ0n) is 9.47. The molecule has 0 saturated carbocycles. The third kappa shape index (κ3) is 3.49. The largest absolute Gasteiger partial charge is 0.415 e. The highest BCUT2D eigenvalue weighted by Gasteiger charge is 2.12. The number of hydrogen-bond donors (Lipinski definition) is 1. The summed E-state index contributed by atoms with van der Waals surface area (Å²) < 4.78 is 5.18. The van der Waals surface area contributed by atoms with Crippen LogP contribution in [0.25, 0.3) is 0 Å². The molecule has 0 aliphatic carbocycles. The van der Waals surface area contributed by atoms with Gasteiger partial charge < -0.3 is 15.1 Å². The second-order valence-electron chi connectivity index (χ2n) is 3.02. The van der Waals surface area contributed by atoms with E-state index >= 15 is 0 Å². The number of carbonyl (C=O) groups is 1. The van der Waals surface area contributed by atoms with Crippen molar-refractivity contribution >= 4 is 17.7 Å². The first-order chi connectivity index (χ1) is 7.71. The summed E-state index contributed by atoms with van der Waals surface area (Å²) in [6.07, 6.45) is 0. The van der Waals surface area contributed by atoms with Crippen LogP contribution in [0.2, 0.25) is 0 Å². The van der Waals surface area contributed by atoms with Gasteiger partial charge in [-0.2, -0.15) is 0 Å². The molecule has 1 aromatic rings. The first kappa shape index (κ1) is 13.0. The van der Waals surface area contributed by atoms with Crippen LogP contribution in [0.4, 0.5) is 0 Å². The molecule has 1 aromatic heterocycles. The molecule has 1 amide bonds. The second kappa shape index (κ2) is 6.49. The van der Waals surface area contributed by atoms with Crippen LogP contribution in [0.3, 0.4) is 0 Å². The maximum absolute atomic E-state index is 11.6. The topological polar surface area (TPSA) is 85.2 Å². The molecule has 0 saturated heterocycles. The van der Waals surface area contributed by atoms with E-state index in [4.69, 9.17) is 10.2 Å². The third-order valence-corrected chi connectivity index (χ3v) is 2.86. The van der Waals surface area contributed by atoms with Gasteiger partial charge in [0.15, 0.2) is 0 Å². The summed E-state index contributed by atoms with van der Waals surface area (Å²) in [7, 11) is 0. The van der Waals surface area contributed by atoms with E-state index in [2.05, 4.69) is 10.2 Å². The van der Waals surface area contributed by atoms with E-state index < -0.39 is 0 Å². The van der Waals surface area contributed by atoms with E-state index in [1.54, 1.807) is 4.90 Å². The first-order valence-corrected chi connectivity index (χ1v) is 6.12. The molecule has 1 heterocycles. The highest BCUT2D eigenvalue weighted by molar-refractivity contribution is 7.99.